The van der Waals surface area contributed by atoms with Gasteiger partial charge in [0, 0.05) is 18.8 Å². The molecular weight excluding hydrogens is 286 g/mol. The fourth-order valence-electron chi connectivity index (χ4n) is 3.37. The summed E-state index contributed by atoms with van der Waals surface area (Å²) in [5.41, 5.74) is 11.1. The van der Waals surface area contributed by atoms with Gasteiger partial charge in [-0.15, -0.1) is 0 Å². The molecule has 3 N–H and O–H groups in total. The number of rotatable bonds is 3. The molecule has 4 heteroatoms. The minimum Gasteiger partial charge on any atom is -0.326 e. The van der Waals surface area contributed by atoms with Crippen molar-refractivity contribution in [3.8, 4) is 0 Å². The van der Waals surface area contributed by atoms with Crippen LogP contribution in [0.4, 0.5) is 10.5 Å². The van der Waals surface area contributed by atoms with Crippen LogP contribution in [0.1, 0.15) is 41.6 Å². The van der Waals surface area contributed by atoms with Crippen molar-refractivity contribution in [1.82, 2.24) is 4.90 Å². The van der Waals surface area contributed by atoms with E-state index in [1.807, 2.05) is 42.2 Å². The van der Waals surface area contributed by atoms with E-state index in [0.717, 1.165) is 23.2 Å². The maximum absolute atomic E-state index is 12.7. The number of hydrogen-bond donors (Lipinski definition) is 2. The fourth-order valence-corrected chi connectivity index (χ4v) is 3.37. The van der Waals surface area contributed by atoms with Crippen LogP contribution in [0, 0.1) is 6.92 Å². The number of nitrogens with zero attached hydrogens (tertiary/aromatic N) is 1. The van der Waals surface area contributed by atoms with Crippen molar-refractivity contribution in [3.63, 3.8) is 0 Å². The highest BCUT2D eigenvalue weighted by molar-refractivity contribution is 5.90. The van der Waals surface area contributed by atoms with Crippen molar-refractivity contribution in [2.75, 3.05) is 5.32 Å². The highest BCUT2D eigenvalue weighted by Gasteiger charge is 2.31. The topological polar surface area (TPSA) is 58.4 Å². The highest BCUT2D eigenvalue weighted by atomic mass is 16.2. The van der Waals surface area contributed by atoms with Gasteiger partial charge >= 0.3 is 6.03 Å². The van der Waals surface area contributed by atoms with Crippen LogP contribution in [0.15, 0.2) is 42.5 Å². The predicted octanol–water partition coefficient (Wildman–Crippen LogP) is 3.95. The maximum atomic E-state index is 12.7. The SMILES string of the molecule is CCC1c2ccccc2CN1C(=O)Nc1cc(C)cc(CN)c1. The van der Waals surface area contributed by atoms with Crippen molar-refractivity contribution < 1.29 is 4.79 Å². The first-order valence-electron chi connectivity index (χ1n) is 8.08. The number of amides is 2. The maximum Gasteiger partial charge on any atom is 0.322 e. The first-order chi connectivity index (χ1) is 11.1. The average Bonchev–Trinajstić information content (AvgIpc) is 2.92. The molecule has 1 unspecified atom stereocenters. The van der Waals surface area contributed by atoms with Gasteiger partial charge in [0.25, 0.3) is 0 Å². The van der Waals surface area contributed by atoms with Gasteiger partial charge in [0.15, 0.2) is 0 Å². The molecule has 4 nitrogen and oxygen atoms in total. The molecule has 1 heterocycles. The lowest BCUT2D eigenvalue weighted by Crippen LogP contribution is -2.33. The molecule has 0 saturated carbocycles. The number of aryl methyl sites for hydroxylation is 1. The van der Waals surface area contributed by atoms with E-state index >= 15 is 0 Å². The Kier molecular flexibility index (Phi) is 4.35. The molecule has 1 aliphatic heterocycles. The Balaban J connectivity index is 1.80. The summed E-state index contributed by atoms with van der Waals surface area (Å²) >= 11 is 0. The molecule has 0 bridgehead atoms. The molecule has 120 valence electrons. The molecule has 3 rings (SSSR count). The third kappa shape index (κ3) is 3.08. The standard InChI is InChI=1S/C19H23N3O/c1-3-18-17-7-5-4-6-15(17)12-22(18)19(23)21-16-9-13(2)8-14(10-16)11-20/h4-10,18H,3,11-12,20H2,1-2H3,(H,21,23). The highest BCUT2D eigenvalue weighted by Crippen LogP contribution is 2.36. The Hall–Kier alpha value is -2.33. The van der Waals surface area contributed by atoms with Crippen molar-refractivity contribution >= 4 is 11.7 Å². The Bertz CT molecular complexity index is 726. The zero-order chi connectivity index (χ0) is 16.4. The molecule has 0 spiro atoms. The van der Waals surface area contributed by atoms with Crippen molar-refractivity contribution in [1.29, 1.82) is 0 Å². The third-order valence-electron chi connectivity index (χ3n) is 4.40. The van der Waals surface area contributed by atoms with Gasteiger partial charge in [0.2, 0.25) is 0 Å². The number of nitrogens with two attached hydrogens (primary N) is 1. The molecule has 2 aromatic rings. The van der Waals surface area contributed by atoms with Crippen LogP contribution in [0.3, 0.4) is 0 Å². The van der Waals surface area contributed by atoms with Gasteiger partial charge in [-0.25, -0.2) is 4.79 Å². The second-order valence-corrected chi connectivity index (χ2v) is 6.09. The Labute approximate surface area is 137 Å². The van der Waals surface area contributed by atoms with Crippen LogP contribution in [-0.4, -0.2) is 10.9 Å². The van der Waals surface area contributed by atoms with Crippen LogP contribution in [0.25, 0.3) is 0 Å². The number of urea groups is 1. The first kappa shape index (κ1) is 15.6. The average molecular weight is 309 g/mol. The van der Waals surface area contributed by atoms with Gasteiger partial charge in [-0.1, -0.05) is 37.3 Å². The predicted molar refractivity (Wildman–Crippen MR) is 93.1 cm³/mol. The lowest BCUT2D eigenvalue weighted by atomic mass is 10.0. The molecule has 0 aliphatic carbocycles. The number of nitrogens with one attached hydrogen (secondary N) is 1. The number of fused-ring (bicyclic) bond motifs is 1. The van der Waals surface area contributed by atoms with Gasteiger partial charge in [0.1, 0.15) is 0 Å². The zero-order valence-corrected chi connectivity index (χ0v) is 13.7. The van der Waals surface area contributed by atoms with E-state index in [0.29, 0.717) is 13.1 Å². The molecule has 2 amide bonds. The van der Waals surface area contributed by atoms with E-state index in [2.05, 4.69) is 24.4 Å². The van der Waals surface area contributed by atoms with Gasteiger partial charge in [0.05, 0.1) is 6.04 Å². The molecule has 2 aromatic carbocycles. The number of hydrogen-bond acceptors (Lipinski definition) is 2. The van der Waals surface area contributed by atoms with Gasteiger partial charge in [-0.3, -0.25) is 0 Å². The van der Waals surface area contributed by atoms with Crippen LogP contribution >= 0.6 is 0 Å². The molecule has 0 saturated heterocycles. The minimum atomic E-state index is -0.0541. The molecule has 0 radical (unpaired) electrons. The summed E-state index contributed by atoms with van der Waals surface area (Å²) in [6, 6.07) is 14.3. The second kappa shape index (κ2) is 6.42. The lowest BCUT2D eigenvalue weighted by Gasteiger charge is -2.24. The monoisotopic (exact) mass is 309 g/mol. The van der Waals surface area contributed by atoms with E-state index in [4.69, 9.17) is 5.73 Å². The summed E-state index contributed by atoms with van der Waals surface area (Å²) in [7, 11) is 0. The molecule has 0 fully saturated rings. The summed E-state index contributed by atoms with van der Waals surface area (Å²) in [5, 5.41) is 3.03. The molecule has 23 heavy (non-hydrogen) atoms. The van der Waals surface area contributed by atoms with E-state index in [1.165, 1.54) is 11.1 Å². The first-order valence-corrected chi connectivity index (χ1v) is 8.08. The van der Waals surface area contributed by atoms with Crippen LogP contribution < -0.4 is 11.1 Å². The van der Waals surface area contributed by atoms with Crippen LogP contribution in [0.2, 0.25) is 0 Å². The summed E-state index contributed by atoms with van der Waals surface area (Å²) in [4.78, 5) is 14.7. The summed E-state index contributed by atoms with van der Waals surface area (Å²) in [6.45, 7) is 5.26. The van der Waals surface area contributed by atoms with Gasteiger partial charge in [-0.2, -0.15) is 0 Å². The second-order valence-electron chi connectivity index (χ2n) is 6.09. The molecular formula is C19H23N3O. The van der Waals surface area contributed by atoms with E-state index in [9.17, 15) is 4.79 Å². The van der Waals surface area contributed by atoms with Crippen molar-refractivity contribution in [3.05, 3.63) is 64.7 Å². The van der Waals surface area contributed by atoms with E-state index in [1.54, 1.807) is 0 Å². The fraction of sp³-hybridized carbons (Fsp3) is 0.316. The number of carbonyl (C=O) groups excluding carboxylic acids is 1. The normalized spacial score (nSPS) is 16.3. The van der Waals surface area contributed by atoms with Gasteiger partial charge in [-0.05, 0) is 47.7 Å². The van der Waals surface area contributed by atoms with Crippen molar-refractivity contribution in [2.24, 2.45) is 5.73 Å². The largest absolute Gasteiger partial charge is 0.326 e. The number of carbonyl (C=O) groups is 1. The van der Waals surface area contributed by atoms with E-state index < -0.39 is 0 Å². The van der Waals surface area contributed by atoms with Crippen LogP contribution in [-0.2, 0) is 13.1 Å². The quantitative estimate of drug-likeness (QED) is 0.902. The molecule has 1 atom stereocenters. The lowest BCUT2D eigenvalue weighted by molar-refractivity contribution is 0.192. The summed E-state index contributed by atoms with van der Waals surface area (Å²) in [6.07, 6.45) is 0.909. The third-order valence-corrected chi connectivity index (χ3v) is 4.40. The van der Waals surface area contributed by atoms with E-state index in [-0.39, 0.29) is 12.1 Å². The summed E-state index contributed by atoms with van der Waals surface area (Å²) in [5.74, 6) is 0. The van der Waals surface area contributed by atoms with Crippen molar-refractivity contribution in [2.45, 2.75) is 39.4 Å². The summed E-state index contributed by atoms with van der Waals surface area (Å²) < 4.78 is 0. The smallest absolute Gasteiger partial charge is 0.322 e. The zero-order valence-electron chi connectivity index (χ0n) is 13.7. The number of benzene rings is 2. The number of anilines is 1. The van der Waals surface area contributed by atoms with Crippen LogP contribution in [0.5, 0.6) is 0 Å². The minimum absolute atomic E-state index is 0.0541. The molecule has 0 aromatic heterocycles. The molecule has 1 aliphatic rings. The Morgan fingerprint density at radius 3 is 2.83 bits per heavy atom. The van der Waals surface area contributed by atoms with Gasteiger partial charge < -0.3 is 16.0 Å². The Morgan fingerprint density at radius 1 is 1.30 bits per heavy atom. The Morgan fingerprint density at radius 2 is 2.09 bits per heavy atom.